The summed E-state index contributed by atoms with van der Waals surface area (Å²) in [5.74, 6) is 0.454. The van der Waals surface area contributed by atoms with Crippen molar-refractivity contribution in [2.75, 3.05) is 26.2 Å². The maximum atomic E-state index is 6.24. The molecule has 0 amide bonds. The van der Waals surface area contributed by atoms with Gasteiger partial charge in [0.1, 0.15) is 0 Å². The number of hydrogen-bond acceptors (Lipinski definition) is 3. The fourth-order valence-corrected chi connectivity index (χ4v) is 2.24. The third-order valence-corrected chi connectivity index (χ3v) is 3.25. The summed E-state index contributed by atoms with van der Waals surface area (Å²) in [4.78, 5) is 6.79. The van der Waals surface area contributed by atoms with Crippen LogP contribution in [0.25, 0.3) is 0 Å². The van der Waals surface area contributed by atoms with Crippen LogP contribution in [0.15, 0.2) is 16.3 Å². The molecule has 98 valence electrons. The molecule has 0 radical (unpaired) electrons. The minimum Gasteiger partial charge on any atom is -0.401 e. The Kier molecular flexibility index (Phi) is 6.27. The van der Waals surface area contributed by atoms with Gasteiger partial charge in [-0.05, 0) is 44.3 Å². The second kappa shape index (κ2) is 7.49. The lowest BCUT2D eigenvalue weighted by Crippen LogP contribution is -2.34. The molecule has 3 heteroatoms. The Labute approximate surface area is 106 Å². The molecule has 0 aromatic rings. The van der Waals surface area contributed by atoms with E-state index in [0.717, 1.165) is 18.8 Å². The van der Waals surface area contributed by atoms with Crippen LogP contribution < -0.4 is 5.73 Å². The molecule has 17 heavy (non-hydrogen) atoms. The lowest BCUT2D eigenvalue weighted by molar-refractivity contribution is 0.245. The first-order chi connectivity index (χ1) is 8.15. The van der Waals surface area contributed by atoms with Crippen LogP contribution in [0.3, 0.4) is 0 Å². The van der Waals surface area contributed by atoms with Gasteiger partial charge >= 0.3 is 0 Å². The van der Waals surface area contributed by atoms with Gasteiger partial charge in [-0.15, -0.1) is 0 Å². The van der Waals surface area contributed by atoms with Crippen molar-refractivity contribution in [1.29, 1.82) is 0 Å². The third-order valence-electron chi connectivity index (χ3n) is 3.25. The summed E-state index contributed by atoms with van der Waals surface area (Å²) in [5, 5.41) is 0. The smallest absolute Gasteiger partial charge is 0.0383 e. The number of rotatable bonds is 5. The summed E-state index contributed by atoms with van der Waals surface area (Å²) in [5.41, 5.74) is 8.44. The predicted octanol–water partition coefficient (Wildman–Crippen LogP) is 2.43. The standard InChI is InChI=1S/C14H27N3/c1-4-16-10-13(12(2)3)14(15)11-17-8-6-5-7-9-17/h10,12H,4-9,11,15H2,1-3H3. The van der Waals surface area contributed by atoms with Gasteiger partial charge in [0, 0.05) is 25.0 Å². The fourth-order valence-electron chi connectivity index (χ4n) is 2.24. The molecule has 0 bridgehead atoms. The fraction of sp³-hybridized carbons (Fsp3) is 0.786. The van der Waals surface area contributed by atoms with E-state index in [1.165, 1.54) is 37.9 Å². The molecule has 0 saturated carbocycles. The van der Waals surface area contributed by atoms with Crippen LogP contribution in [-0.2, 0) is 0 Å². The Morgan fingerprint density at radius 3 is 2.47 bits per heavy atom. The molecule has 1 heterocycles. The van der Waals surface area contributed by atoms with Crippen LogP contribution in [0.2, 0.25) is 0 Å². The van der Waals surface area contributed by atoms with E-state index in [-0.39, 0.29) is 0 Å². The summed E-state index contributed by atoms with van der Waals surface area (Å²) < 4.78 is 0. The predicted molar refractivity (Wildman–Crippen MR) is 75.4 cm³/mol. The summed E-state index contributed by atoms with van der Waals surface area (Å²) in [6.45, 7) is 10.5. The molecule has 2 N–H and O–H groups in total. The van der Waals surface area contributed by atoms with Crippen molar-refractivity contribution in [2.24, 2.45) is 16.6 Å². The average molecular weight is 237 g/mol. The van der Waals surface area contributed by atoms with Gasteiger partial charge in [-0.1, -0.05) is 20.3 Å². The molecule has 1 fully saturated rings. The Balaban J connectivity index is 2.65. The minimum absolute atomic E-state index is 0.454. The summed E-state index contributed by atoms with van der Waals surface area (Å²) in [6, 6.07) is 0. The van der Waals surface area contributed by atoms with Gasteiger partial charge in [-0.2, -0.15) is 0 Å². The second-order valence-electron chi connectivity index (χ2n) is 5.10. The van der Waals surface area contributed by atoms with Gasteiger partial charge < -0.3 is 5.73 Å². The topological polar surface area (TPSA) is 41.6 Å². The zero-order chi connectivity index (χ0) is 12.7. The van der Waals surface area contributed by atoms with Crippen molar-refractivity contribution >= 4 is 6.21 Å². The van der Waals surface area contributed by atoms with Gasteiger partial charge in [0.2, 0.25) is 0 Å². The second-order valence-corrected chi connectivity index (χ2v) is 5.10. The SMILES string of the molecule is CCN=CC(=C(N)CN1CCCCC1)C(C)C. The Hall–Kier alpha value is -0.830. The van der Waals surface area contributed by atoms with Crippen LogP contribution in [0.5, 0.6) is 0 Å². The summed E-state index contributed by atoms with van der Waals surface area (Å²) in [7, 11) is 0. The van der Waals surface area contributed by atoms with E-state index < -0.39 is 0 Å². The molecule has 0 spiro atoms. The maximum Gasteiger partial charge on any atom is 0.0383 e. The van der Waals surface area contributed by atoms with Crippen molar-refractivity contribution in [1.82, 2.24) is 4.90 Å². The first kappa shape index (κ1) is 14.2. The van der Waals surface area contributed by atoms with Gasteiger partial charge in [-0.3, -0.25) is 9.89 Å². The molecule has 0 unspecified atom stereocenters. The highest BCUT2D eigenvalue weighted by molar-refractivity contribution is 5.80. The highest BCUT2D eigenvalue weighted by atomic mass is 15.1. The van der Waals surface area contributed by atoms with E-state index in [0.29, 0.717) is 5.92 Å². The molecule has 0 aliphatic carbocycles. The van der Waals surface area contributed by atoms with Crippen LogP contribution >= 0.6 is 0 Å². The third kappa shape index (κ3) is 4.90. The Bertz CT molecular complexity index is 273. The van der Waals surface area contributed by atoms with E-state index in [2.05, 4.69) is 30.7 Å². The number of piperidine rings is 1. The van der Waals surface area contributed by atoms with Gasteiger partial charge in [0.25, 0.3) is 0 Å². The van der Waals surface area contributed by atoms with Crippen molar-refractivity contribution in [3.63, 3.8) is 0 Å². The van der Waals surface area contributed by atoms with Crippen LogP contribution in [0.1, 0.15) is 40.0 Å². The Morgan fingerprint density at radius 2 is 1.94 bits per heavy atom. The lowest BCUT2D eigenvalue weighted by Gasteiger charge is -2.27. The molecule has 0 atom stereocenters. The summed E-state index contributed by atoms with van der Waals surface area (Å²) >= 11 is 0. The number of likely N-dealkylation sites (tertiary alicyclic amines) is 1. The van der Waals surface area contributed by atoms with Gasteiger partial charge in [0.05, 0.1) is 0 Å². The number of aliphatic imine (C=N–C) groups is 1. The number of nitrogens with two attached hydrogens (primary N) is 1. The normalized spacial score (nSPS) is 20.0. The van der Waals surface area contributed by atoms with Crippen molar-refractivity contribution in [2.45, 2.75) is 40.0 Å². The molecule has 0 aromatic heterocycles. The highest BCUT2D eigenvalue weighted by Gasteiger charge is 2.13. The van der Waals surface area contributed by atoms with Crippen molar-refractivity contribution in [3.05, 3.63) is 11.3 Å². The molecule has 3 nitrogen and oxygen atoms in total. The van der Waals surface area contributed by atoms with E-state index in [1.54, 1.807) is 0 Å². The molecule has 1 aliphatic heterocycles. The van der Waals surface area contributed by atoms with Crippen LogP contribution in [-0.4, -0.2) is 37.3 Å². The number of nitrogens with zero attached hydrogens (tertiary/aromatic N) is 2. The van der Waals surface area contributed by atoms with Crippen LogP contribution in [0.4, 0.5) is 0 Å². The molecule has 1 rings (SSSR count). The Morgan fingerprint density at radius 1 is 1.29 bits per heavy atom. The van der Waals surface area contributed by atoms with Gasteiger partial charge in [-0.25, -0.2) is 0 Å². The molecular weight excluding hydrogens is 210 g/mol. The summed E-state index contributed by atoms with van der Waals surface area (Å²) in [6.07, 6.45) is 5.96. The average Bonchev–Trinajstić information content (AvgIpc) is 2.30. The monoisotopic (exact) mass is 237 g/mol. The molecule has 0 aromatic carbocycles. The largest absolute Gasteiger partial charge is 0.401 e. The van der Waals surface area contributed by atoms with E-state index in [1.807, 2.05) is 6.21 Å². The molecule has 1 aliphatic rings. The minimum atomic E-state index is 0.454. The zero-order valence-corrected chi connectivity index (χ0v) is 11.6. The van der Waals surface area contributed by atoms with E-state index >= 15 is 0 Å². The lowest BCUT2D eigenvalue weighted by atomic mass is 10.0. The first-order valence-electron chi connectivity index (χ1n) is 6.85. The maximum absolute atomic E-state index is 6.24. The number of allylic oxidation sites excluding steroid dienone is 1. The van der Waals surface area contributed by atoms with E-state index in [4.69, 9.17) is 5.73 Å². The van der Waals surface area contributed by atoms with Crippen LogP contribution in [0, 0.1) is 5.92 Å². The molecule has 1 saturated heterocycles. The van der Waals surface area contributed by atoms with E-state index in [9.17, 15) is 0 Å². The quantitative estimate of drug-likeness (QED) is 0.746. The highest BCUT2D eigenvalue weighted by Crippen LogP contribution is 2.14. The zero-order valence-electron chi connectivity index (χ0n) is 11.6. The van der Waals surface area contributed by atoms with Crippen molar-refractivity contribution in [3.8, 4) is 0 Å². The molecular formula is C14H27N3. The number of hydrogen-bond donors (Lipinski definition) is 1. The van der Waals surface area contributed by atoms with Gasteiger partial charge in [0.15, 0.2) is 0 Å². The first-order valence-corrected chi connectivity index (χ1v) is 6.85. The van der Waals surface area contributed by atoms with Crippen molar-refractivity contribution < 1.29 is 0 Å².